The molecule has 4 heteroatoms. The van der Waals surface area contributed by atoms with E-state index >= 15 is 0 Å². The van der Waals surface area contributed by atoms with E-state index in [4.69, 9.17) is 9.97 Å². The molecule has 4 nitrogen and oxygen atoms in total. The van der Waals surface area contributed by atoms with E-state index in [1.165, 1.54) is 38.4 Å². The molecule has 0 amide bonds. The van der Waals surface area contributed by atoms with Gasteiger partial charge in [-0.2, -0.15) is 0 Å². The molecule has 0 fully saturated rings. The van der Waals surface area contributed by atoms with Crippen LogP contribution in [0.5, 0.6) is 0 Å². The molecule has 0 aliphatic heterocycles. The summed E-state index contributed by atoms with van der Waals surface area (Å²) in [5.41, 5.74) is 14.1. The number of aromatic nitrogens is 4. The predicted molar refractivity (Wildman–Crippen MR) is 217 cm³/mol. The Labute approximate surface area is 308 Å². The van der Waals surface area contributed by atoms with Crippen molar-refractivity contribution in [2.45, 2.75) is 19.3 Å². The van der Waals surface area contributed by atoms with E-state index in [0.29, 0.717) is 0 Å². The molecule has 3 aromatic heterocycles. The van der Waals surface area contributed by atoms with Crippen molar-refractivity contribution in [1.29, 1.82) is 0 Å². The van der Waals surface area contributed by atoms with Crippen LogP contribution >= 0.6 is 0 Å². The van der Waals surface area contributed by atoms with Crippen LogP contribution in [-0.2, 0) is 5.41 Å². The largest absolute Gasteiger partial charge is 0.264 e. The van der Waals surface area contributed by atoms with Crippen LogP contribution in [0.1, 0.15) is 25.0 Å². The lowest BCUT2D eigenvalue weighted by Gasteiger charge is -2.23. The number of fused-ring (bicyclic) bond motifs is 5. The van der Waals surface area contributed by atoms with Gasteiger partial charge >= 0.3 is 0 Å². The van der Waals surface area contributed by atoms with E-state index < -0.39 is 0 Å². The summed E-state index contributed by atoms with van der Waals surface area (Å²) in [7, 11) is 0. The molecule has 10 rings (SSSR count). The number of hydrogen-bond acceptors (Lipinski definition) is 4. The Bertz CT molecular complexity index is 2720. The minimum atomic E-state index is -0.210. The molecular formula is C49H34N4. The molecule has 3 heterocycles. The Morgan fingerprint density at radius 3 is 1.49 bits per heavy atom. The monoisotopic (exact) mass is 678 g/mol. The van der Waals surface area contributed by atoms with Gasteiger partial charge in [0.25, 0.3) is 0 Å². The Kier molecular flexibility index (Phi) is 7.12. The summed E-state index contributed by atoms with van der Waals surface area (Å²) in [6.07, 6.45) is 7.40. The second-order valence-corrected chi connectivity index (χ2v) is 14.4. The van der Waals surface area contributed by atoms with Gasteiger partial charge in [0.1, 0.15) is 0 Å². The summed E-state index contributed by atoms with van der Waals surface area (Å²) in [5, 5.41) is 4.81. The molecule has 0 bridgehead atoms. The first-order valence-corrected chi connectivity index (χ1v) is 18.0. The zero-order chi connectivity index (χ0) is 35.5. The van der Waals surface area contributed by atoms with Crippen LogP contribution in [0.3, 0.4) is 0 Å². The molecular weight excluding hydrogens is 645 g/mol. The zero-order valence-corrected chi connectivity index (χ0v) is 29.5. The van der Waals surface area contributed by atoms with E-state index in [0.717, 1.165) is 61.5 Å². The maximum Gasteiger partial charge on any atom is 0.161 e. The van der Waals surface area contributed by atoms with Gasteiger partial charge < -0.3 is 0 Å². The van der Waals surface area contributed by atoms with Gasteiger partial charge in [0.15, 0.2) is 5.82 Å². The summed E-state index contributed by atoms with van der Waals surface area (Å²) in [5.74, 6) is 0.718. The molecule has 0 spiro atoms. The first-order chi connectivity index (χ1) is 26.0. The van der Waals surface area contributed by atoms with Gasteiger partial charge in [-0.1, -0.05) is 123 Å². The van der Waals surface area contributed by atoms with Crippen molar-refractivity contribution in [3.8, 4) is 67.3 Å². The van der Waals surface area contributed by atoms with Crippen LogP contribution in [0.4, 0.5) is 0 Å². The van der Waals surface area contributed by atoms with Gasteiger partial charge in [0.2, 0.25) is 0 Å². The minimum Gasteiger partial charge on any atom is -0.264 e. The van der Waals surface area contributed by atoms with Gasteiger partial charge in [-0.15, -0.1) is 0 Å². The Hall–Kier alpha value is -6.78. The molecule has 250 valence electrons. The molecule has 53 heavy (non-hydrogen) atoms. The molecule has 1 aliphatic rings. The fourth-order valence-electron chi connectivity index (χ4n) is 8.05. The average Bonchev–Trinajstić information content (AvgIpc) is 3.44. The standard InChI is InChI=1S/C49H34N4/c1-49(2)42-26-36-10-4-3-9-35(36)25-41(42)46-43(49)27-37-11-5-6-14-40(37)47(46)48-52-44(33-19-15-31(16-20-33)38-12-7-23-50-29-38)28-45(53-48)34-21-17-32(18-22-34)39-13-8-24-51-30-39/h3-30H,1-2H3. The molecule has 1 aliphatic carbocycles. The molecule has 9 aromatic rings. The third-order valence-corrected chi connectivity index (χ3v) is 10.9. The number of pyridine rings is 2. The zero-order valence-electron chi connectivity index (χ0n) is 29.5. The fourth-order valence-corrected chi connectivity index (χ4v) is 8.05. The topological polar surface area (TPSA) is 51.6 Å². The van der Waals surface area contributed by atoms with E-state index in [-0.39, 0.29) is 5.41 Å². The van der Waals surface area contributed by atoms with E-state index in [2.05, 4.69) is 157 Å². The van der Waals surface area contributed by atoms with Crippen molar-refractivity contribution < 1.29 is 0 Å². The highest BCUT2D eigenvalue weighted by Crippen LogP contribution is 2.55. The fraction of sp³-hybridized carbons (Fsp3) is 0.0612. The summed E-state index contributed by atoms with van der Waals surface area (Å²) in [4.78, 5) is 19.6. The normalized spacial score (nSPS) is 12.9. The SMILES string of the molecule is CC1(C)c2cc3ccccc3cc2-c2c1cc1ccccc1c2-c1nc(-c2ccc(-c3cccnc3)cc2)cc(-c2ccc(-c3cccnc3)cc2)n1. The first-order valence-electron chi connectivity index (χ1n) is 18.0. The van der Waals surface area contributed by atoms with Crippen LogP contribution in [0, 0.1) is 0 Å². The highest BCUT2D eigenvalue weighted by Gasteiger charge is 2.38. The Morgan fingerprint density at radius 1 is 0.415 bits per heavy atom. The number of hydrogen-bond donors (Lipinski definition) is 0. The lowest BCUT2D eigenvalue weighted by molar-refractivity contribution is 0.662. The molecule has 0 N–H and O–H groups in total. The van der Waals surface area contributed by atoms with Gasteiger partial charge in [-0.05, 0) is 102 Å². The summed E-state index contributed by atoms with van der Waals surface area (Å²) >= 11 is 0. The van der Waals surface area contributed by atoms with Crippen LogP contribution in [0.2, 0.25) is 0 Å². The minimum absolute atomic E-state index is 0.210. The quantitative estimate of drug-likeness (QED) is 0.182. The van der Waals surface area contributed by atoms with E-state index in [9.17, 15) is 0 Å². The van der Waals surface area contributed by atoms with Crippen molar-refractivity contribution in [2.75, 3.05) is 0 Å². The van der Waals surface area contributed by atoms with Crippen LogP contribution in [-0.4, -0.2) is 19.9 Å². The summed E-state index contributed by atoms with van der Waals surface area (Å²) < 4.78 is 0. The molecule has 0 atom stereocenters. The van der Waals surface area contributed by atoms with Crippen molar-refractivity contribution >= 4 is 21.5 Å². The second kappa shape index (κ2) is 12.2. The van der Waals surface area contributed by atoms with Gasteiger partial charge in [0, 0.05) is 46.9 Å². The molecule has 6 aromatic carbocycles. The van der Waals surface area contributed by atoms with Gasteiger partial charge in [0.05, 0.1) is 11.4 Å². The number of nitrogens with zero attached hydrogens (tertiary/aromatic N) is 4. The Balaban J connectivity index is 1.22. The average molecular weight is 679 g/mol. The lowest BCUT2D eigenvalue weighted by Crippen LogP contribution is -2.15. The van der Waals surface area contributed by atoms with Crippen molar-refractivity contribution in [3.63, 3.8) is 0 Å². The predicted octanol–water partition coefficient (Wildman–Crippen LogP) is 12.2. The third kappa shape index (κ3) is 5.22. The molecule has 0 radical (unpaired) electrons. The van der Waals surface area contributed by atoms with E-state index in [1.807, 2.05) is 24.5 Å². The smallest absolute Gasteiger partial charge is 0.161 e. The maximum absolute atomic E-state index is 5.45. The molecule has 0 unspecified atom stereocenters. The first kappa shape index (κ1) is 31.0. The van der Waals surface area contributed by atoms with Crippen molar-refractivity contribution in [1.82, 2.24) is 19.9 Å². The van der Waals surface area contributed by atoms with Crippen molar-refractivity contribution in [3.05, 3.63) is 182 Å². The molecule has 0 saturated heterocycles. The van der Waals surface area contributed by atoms with E-state index in [1.54, 1.807) is 12.4 Å². The van der Waals surface area contributed by atoms with Crippen LogP contribution in [0.25, 0.3) is 88.8 Å². The maximum atomic E-state index is 5.45. The second-order valence-electron chi connectivity index (χ2n) is 14.4. The highest BCUT2D eigenvalue weighted by molar-refractivity contribution is 6.08. The lowest BCUT2D eigenvalue weighted by atomic mass is 9.80. The van der Waals surface area contributed by atoms with Crippen molar-refractivity contribution in [2.24, 2.45) is 0 Å². The summed E-state index contributed by atoms with van der Waals surface area (Å²) in [6, 6.07) is 51.9. The summed E-state index contributed by atoms with van der Waals surface area (Å²) in [6.45, 7) is 4.70. The van der Waals surface area contributed by atoms with Gasteiger partial charge in [-0.25, -0.2) is 9.97 Å². The third-order valence-electron chi connectivity index (χ3n) is 10.9. The number of rotatable bonds is 5. The van der Waals surface area contributed by atoms with Crippen LogP contribution < -0.4 is 0 Å². The number of benzene rings is 6. The van der Waals surface area contributed by atoms with Crippen LogP contribution in [0.15, 0.2) is 170 Å². The highest BCUT2D eigenvalue weighted by atomic mass is 14.9. The molecule has 0 saturated carbocycles. The van der Waals surface area contributed by atoms with Gasteiger partial charge in [-0.3, -0.25) is 9.97 Å². The Morgan fingerprint density at radius 2 is 0.925 bits per heavy atom.